The van der Waals surface area contributed by atoms with Crippen molar-refractivity contribution in [3.63, 3.8) is 0 Å². The van der Waals surface area contributed by atoms with Gasteiger partial charge in [-0.3, -0.25) is 9.62 Å². The number of nitrogens with one attached hydrogen (secondary N) is 3. The van der Waals surface area contributed by atoms with Crippen molar-refractivity contribution < 1.29 is 22.4 Å². The van der Waals surface area contributed by atoms with Gasteiger partial charge in [0.15, 0.2) is 0 Å². The van der Waals surface area contributed by atoms with Crippen LogP contribution in [0, 0.1) is 6.92 Å². The molecule has 0 saturated carbocycles. The van der Waals surface area contributed by atoms with E-state index >= 15 is 0 Å². The molecule has 4 rings (SSSR count). The number of benzene rings is 2. The highest BCUT2D eigenvalue weighted by Crippen LogP contribution is 2.33. The van der Waals surface area contributed by atoms with Crippen molar-refractivity contribution in [3.8, 4) is 5.75 Å². The summed E-state index contributed by atoms with van der Waals surface area (Å²) in [7, 11) is 0.669. The number of aryl methyl sites for hydroxylation is 1. The van der Waals surface area contributed by atoms with E-state index in [2.05, 4.69) is 19.7 Å². The lowest BCUT2D eigenvalue weighted by Gasteiger charge is -2.28. The average molecular weight is 578 g/mol. The van der Waals surface area contributed by atoms with Crippen LogP contribution in [0.2, 0.25) is 5.02 Å². The second kappa shape index (κ2) is 11.9. The first kappa shape index (κ1) is 28.8. The minimum absolute atomic E-state index is 0.129. The van der Waals surface area contributed by atoms with Gasteiger partial charge in [-0.05, 0) is 35.7 Å². The summed E-state index contributed by atoms with van der Waals surface area (Å²) in [5.74, 6) is 0.304. The van der Waals surface area contributed by atoms with E-state index in [0.717, 1.165) is 37.1 Å². The second-order valence-corrected chi connectivity index (χ2v) is 11.5. The third-order valence-electron chi connectivity index (χ3n) is 6.53. The van der Waals surface area contributed by atoms with Crippen molar-refractivity contribution in [2.45, 2.75) is 19.9 Å². The van der Waals surface area contributed by atoms with Crippen LogP contribution in [0.15, 0.2) is 39.5 Å². The first-order chi connectivity index (χ1) is 18.5. The van der Waals surface area contributed by atoms with E-state index in [0.29, 0.717) is 34.6 Å². The lowest BCUT2D eigenvalue weighted by Crippen LogP contribution is -2.43. The Morgan fingerprint density at radius 3 is 2.59 bits per heavy atom. The number of piperazine rings is 1. The van der Waals surface area contributed by atoms with E-state index in [-0.39, 0.29) is 17.1 Å². The highest BCUT2D eigenvalue weighted by Gasteiger charge is 2.22. The zero-order valence-electron chi connectivity index (χ0n) is 22.3. The van der Waals surface area contributed by atoms with E-state index in [9.17, 15) is 18.0 Å². The minimum atomic E-state index is -3.79. The Morgan fingerprint density at radius 2 is 1.92 bits per heavy atom. The van der Waals surface area contributed by atoms with Gasteiger partial charge in [0.2, 0.25) is 0 Å². The fourth-order valence-corrected chi connectivity index (χ4v) is 5.22. The number of carbonyl (C=O) groups is 1. The maximum absolute atomic E-state index is 13.4. The molecule has 1 aliphatic rings. The summed E-state index contributed by atoms with van der Waals surface area (Å²) >= 11 is 6.60. The number of halogens is 1. The number of rotatable bonds is 8. The third kappa shape index (κ3) is 6.71. The minimum Gasteiger partial charge on any atom is -0.422 e. The molecule has 3 aromatic rings. The number of carbonyl (C=O) groups excluding carboxylic acids is 1. The summed E-state index contributed by atoms with van der Waals surface area (Å²) < 4.78 is 39.9. The van der Waals surface area contributed by atoms with Crippen molar-refractivity contribution in [1.82, 2.24) is 19.8 Å². The smallest absolute Gasteiger partial charge is 0.414 e. The monoisotopic (exact) mass is 577 g/mol. The molecule has 13 heteroatoms. The molecule has 1 fully saturated rings. The van der Waals surface area contributed by atoms with Crippen LogP contribution in [0.5, 0.6) is 5.75 Å². The molecular formula is C26H32ClN5O6S. The van der Waals surface area contributed by atoms with E-state index in [1.807, 2.05) is 13.0 Å². The van der Waals surface area contributed by atoms with Gasteiger partial charge in [-0.15, -0.1) is 0 Å². The van der Waals surface area contributed by atoms with Gasteiger partial charge >= 0.3 is 11.7 Å². The highest BCUT2D eigenvalue weighted by molar-refractivity contribution is 7.90. The molecule has 0 spiro atoms. The van der Waals surface area contributed by atoms with E-state index in [1.165, 1.54) is 11.9 Å². The van der Waals surface area contributed by atoms with Gasteiger partial charge in [0.25, 0.3) is 10.2 Å². The molecule has 3 N–H and O–H groups in total. The fourth-order valence-electron chi connectivity index (χ4n) is 4.37. The summed E-state index contributed by atoms with van der Waals surface area (Å²) in [4.78, 5) is 29.1. The average Bonchev–Trinajstić information content (AvgIpc) is 2.89. The van der Waals surface area contributed by atoms with Crippen molar-refractivity contribution in [1.29, 1.82) is 0 Å². The molecule has 1 aromatic heterocycles. The van der Waals surface area contributed by atoms with Crippen LogP contribution < -0.4 is 25.1 Å². The SMILES string of the molecule is CNS(=O)(=O)Nc1cccc(Cc2c(CN3CCNCC3)c3cc(C)c(OC(=O)N(C)C)cc3oc2=O)c1Cl. The van der Waals surface area contributed by atoms with Crippen molar-refractivity contribution >= 4 is 44.6 Å². The van der Waals surface area contributed by atoms with Crippen LogP contribution >= 0.6 is 11.6 Å². The number of nitrogens with zero attached hydrogens (tertiary/aromatic N) is 2. The van der Waals surface area contributed by atoms with Crippen molar-refractivity contribution in [2.75, 3.05) is 52.0 Å². The number of amides is 1. The number of anilines is 1. The van der Waals surface area contributed by atoms with Crippen LogP contribution in [0.4, 0.5) is 10.5 Å². The van der Waals surface area contributed by atoms with Gasteiger partial charge in [0, 0.05) is 77.3 Å². The molecular weight excluding hydrogens is 546 g/mol. The Bertz CT molecular complexity index is 1550. The summed E-state index contributed by atoms with van der Waals surface area (Å²) in [6.07, 6.45) is -0.412. The molecule has 11 nitrogen and oxygen atoms in total. The summed E-state index contributed by atoms with van der Waals surface area (Å²) in [5, 5.41) is 4.25. The molecule has 2 heterocycles. The topological polar surface area (TPSA) is 133 Å². The fraction of sp³-hybridized carbons (Fsp3) is 0.385. The van der Waals surface area contributed by atoms with Gasteiger partial charge in [-0.25, -0.2) is 14.3 Å². The lowest BCUT2D eigenvalue weighted by molar-refractivity contribution is 0.171. The Kier molecular flexibility index (Phi) is 8.82. The van der Waals surface area contributed by atoms with Gasteiger partial charge in [0.1, 0.15) is 11.3 Å². The zero-order valence-corrected chi connectivity index (χ0v) is 23.8. The molecule has 0 radical (unpaired) electrons. The van der Waals surface area contributed by atoms with Crippen LogP contribution in [-0.4, -0.2) is 71.6 Å². The summed E-state index contributed by atoms with van der Waals surface area (Å²) in [5.41, 5.74) is 2.44. The van der Waals surface area contributed by atoms with Gasteiger partial charge in [0.05, 0.1) is 10.7 Å². The standard InChI is InChI=1S/C26H32ClN5O6S/c1-16-12-18-20(15-32-10-8-29-9-11-32)19(25(33)37-23(18)14-22(16)38-26(34)31(3)4)13-17-6-5-7-21(24(17)27)30-39(35,36)28-2/h5-7,12,14,28-30H,8-11,13,15H2,1-4H3. The van der Waals surface area contributed by atoms with Crippen LogP contribution in [0.1, 0.15) is 22.3 Å². The summed E-state index contributed by atoms with van der Waals surface area (Å²) in [6, 6.07) is 8.39. The maximum atomic E-state index is 13.4. The Labute approximate surface area is 232 Å². The number of hydrogen-bond donors (Lipinski definition) is 3. The van der Waals surface area contributed by atoms with E-state index < -0.39 is 21.9 Å². The second-order valence-electron chi connectivity index (χ2n) is 9.51. The quantitative estimate of drug-likeness (QED) is 0.348. The number of ether oxygens (including phenoxy) is 1. The molecule has 0 unspecified atom stereocenters. The molecule has 1 aliphatic heterocycles. The largest absolute Gasteiger partial charge is 0.422 e. The Morgan fingerprint density at radius 1 is 1.21 bits per heavy atom. The maximum Gasteiger partial charge on any atom is 0.414 e. The van der Waals surface area contributed by atoms with Crippen LogP contribution in [0.25, 0.3) is 11.0 Å². The highest BCUT2D eigenvalue weighted by atomic mass is 35.5. The Balaban J connectivity index is 1.82. The predicted molar refractivity (Wildman–Crippen MR) is 151 cm³/mol. The molecule has 1 saturated heterocycles. The molecule has 210 valence electrons. The van der Waals surface area contributed by atoms with Crippen LogP contribution in [-0.2, 0) is 23.2 Å². The van der Waals surface area contributed by atoms with Crippen LogP contribution in [0.3, 0.4) is 0 Å². The van der Waals surface area contributed by atoms with Gasteiger partial charge in [-0.1, -0.05) is 23.7 Å². The van der Waals surface area contributed by atoms with Gasteiger partial charge < -0.3 is 19.4 Å². The molecule has 1 amide bonds. The van der Waals surface area contributed by atoms with Crippen molar-refractivity contribution in [2.24, 2.45) is 0 Å². The lowest BCUT2D eigenvalue weighted by atomic mass is 9.96. The number of hydrogen-bond acceptors (Lipinski definition) is 8. The normalized spacial score (nSPS) is 14.4. The first-order valence-electron chi connectivity index (χ1n) is 12.4. The molecule has 39 heavy (non-hydrogen) atoms. The van der Waals surface area contributed by atoms with E-state index in [4.69, 9.17) is 20.8 Å². The Hall–Kier alpha value is -3.16. The summed E-state index contributed by atoms with van der Waals surface area (Å²) in [6.45, 7) is 5.60. The van der Waals surface area contributed by atoms with Gasteiger partial charge in [-0.2, -0.15) is 8.42 Å². The molecule has 2 aromatic carbocycles. The third-order valence-corrected chi connectivity index (χ3v) is 8.00. The van der Waals surface area contributed by atoms with E-state index in [1.54, 1.807) is 38.4 Å². The zero-order chi connectivity index (χ0) is 28.3. The first-order valence-corrected chi connectivity index (χ1v) is 14.2. The van der Waals surface area contributed by atoms with Crippen molar-refractivity contribution in [3.05, 3.63) is 68.0 Å². The number of fused-ring (bicyclic) bond motifs is 1. The molecule has 0 aliphatic carbocycles. The predicted octanol–water partition coefficient (Wildman–Crippen LogP) is 2.69. The molecule has 0 atom stereocenters. The molecule has 0 bridgehead atoms.